The third-order valence-electron chi connectivity index (χ3n) is 5.26. The van der Waals surface area contributed by atoms with Crippen LogP contribution in [-0.2, 0) is 0 Å². The number of rotatable bonds is 7. The molecule has 0 radical (unpaired) electrons. The Morgan fingerprint density at radius 1 is 1.16 bits per heavy atom. The topological polar surface area (TPSA) is 44.7 Å². The van der Waals surface area contributed by atoms with E-state index in [-0.39, 0.29) is 6.10 Å². The molecule has 1 heterocycles. The van der Waals surface area contributed by atoms with Crippen molar-refractivity contribution in [1.29, 1.82) is 0 Å². The van der Waals surface area contributed by atoms with E-state index in [2.05, 4.69) is 53.5 Å². The molecule has 4 nitrogen and oxygen atoms in total. The summed E-state index contributed by atoms with van der Waals surface area (Å²) < 4.78 is 5.49. The number of ether oxygens (including phenoxy) is 1. The van der Waals surface area contributed by atoms with Crippen molar-refractivity contribution in [3.8, 4) is 5.75 Å². The van der Waals surface area contributed by atoms with E-state index in [4.69, 9.17) is 4.74 Å². The summed E-state index contributed by atoms with van der Waals surface area (Å²) in [7, 11) is 1.72. The summed E-state index contributed by atoms with van der Waals surface area (Å²) in [6, 6.07) is 13.0. The van der Waals surface area contributed by atoms with Crippen molar-refractivity contribution in [2.24, 2.45) is 0 Å². The molecular formula is C21H30N2O2. The van der Waals surface area contributed by atoms with Crippen molar-refractivity contribution in [2.75, 3.05) is 33.3 Å². The van der Waals surface area contributed by atoms with Gasteiger partial charge in [0.15, 0.2) is 0 Å². The summed E-state index contributed by atoms with van der Waals surface area (Å²) >= 11 is 0. The number of hydrogen-bond donors (Lipinski definition) is 2. The monoisotopic (exact) mass is 342 g/mol. The van der Waals surface area contributed by atoms with Crippen LogP contribution >= 0.6 is 0 Å². The minimum atomic E-state index is -0.0854. The normalized spacial score (nSPS) is 17.7. The van der Waals surface area contributed by atoms with Crippen LogP contribution < -0.4 is 10.1 Å². The van der Waals surface area contributed by atoms with Gasteiger partial charge in [-0.15, -0.1) is 0 Å². The van der Waals surface area contributed by atoms with Crippen molar-refractivity contribution >= 4 is 10.8 Å². The van der Waals surface area contributed by atoms with Crippen LogP contribution in [0.2, 0.25) is 0 Å². The maximum absolute atomic E-state index is 9.57. The minimum Gasteiger partial charge on any atom is -0.496 e. The van der Waals surface area contributed by atoms with E-state index in [0.29, 0.717) is 6.04 Å². The fraction of sp³-hybridized carbons (Fsp3) is 0.524. The SMILES string of the molecule is COc1ccc(C(C)NCCCN2CCC(O)CC2)c2ccccc12. The predicted octanol–water partition coefficient (Wildman–Crippen LogP) is 3.35. The average Bonchev–Trinajstić information content (AvgIpc) is 2.65. The second kappa shape index (κ2) is 8.65. The lowest BCUT2D eigenvalue weighted by Gasteiger charge is -2.29. The number of benzene rings is 2. The molecule has 2 aromatic rings. The van der Waals surface area contributed by atoms with E-state index in [1.165, 1.54) is 16.3 Å². The lowest BCUT2D eigenvalue weighted by molar-refractivity contribution is 0.0820. The van der Waals surface area contributed by atoms with Gasteiger partial charge in [-0.1, -0.05) is 30.3 Å². The minimum absolute atomic E-state index is 0.0854. The van der Waals surface area contributed by atoms with Crippen LogP contribution in [0.1, 0.15) is 37.8 Å². The summed E-state index contributed by atoms with van der Waals surface area (Å²) in [5.41, 5.74) is 1.32. The molecule has 136 valence electrons. The second-order valence-corrected chi connectivity index (χ2v) is 7.00. The van der Waals surface area contributed by atoms with E-state index in [0.717, 1.165) is 51.2 Å². The lowest BCUT2D eigenvalue weighted by Crippen LogP contribution is -2.37. The molecule has 1 saturated heterocycles. The van der Waals surface area contributed by atoms with Crippen molar-refractivity contribution in [3.05, 3.63) is 42.0 Å². The number of fused-ring (bicyclic) bond motifs is 1. The van der Waals surface area contributed by atoms with E-state index in [1.807, 2.05) is 0 Å². The standard InChI is InChI=1S/C21H30N2O2/c1-16(22-12-5-13-23-14-10-17(24)11-15-23)18-8-9-21(25-2)20-7-4-3-6-19(18)20/h3-4,6-9,16-17,22,24H,5,10-15H2,1-2H3. The first-order valence-electron chi connectivity index (χ1n) is 9.38. The maximum atomic E-state index is 9.57. The highest BCUT2D eigenvalue weighted by atomic mass is 16.5. The number of nitrogens with zero attached hydrogens (tertiary/aromatic N) is 1. The molecular weight excluding hydrogens is 312 g/mol. The fourth-order valence-electron chi connectivity index (χ4n) is 3.72. The Morgan fingerprint density at radius 3 is 2.60 bits per heavy atom. The number of nitrogens with one attached hydrogen (secondary N) is 1. The zero-order valence-corrected chi connectivity index (χ0v) is 15.4. The molecule has 0 amide bonds. The highest BCUT2D eigenvalue weighted by Crippen LogP contribution is 2.31. The quantitative estimate of drug-likeness (QED) is 0.758. The molecule has 1 unspecified atom stereocenters. The van der Waals surface area contributed by atoms with Gasteiger partial charge in [-0.25, -0.2) is 0 Å². The molecule has 2 aromatic carbocycles. The van der Waals surface area contributed by atoms with Gasteiger partial charge in [-0.2, -0.15) is 0 Å². The Balaban J connectivity index is 1.55. The molecule has 0 aliphatic carbocycles. The van der Waals surface area contributed by atoms with Gasteiger partial charge in [0.2, 0.25) is 0 Å². The number of hydrogen-bond acceptors (Lipinski definition) is 4. The fourth-order valence-corrected chi connectivity index (χ4v) is 3.72. The van der Waals surface area contributed by atoms with Crippen LogP contribution in [0, 0.1) is 0 Å². The van der Waals surface area contributed by atoms with Gasteiger partial charge < -0.3 is 20.1 Å². The first kappa shape index (κ1) is 18.2. The van der Waals surface area contributed by atoms with E-state index < -0.39 is 0 Å². The molecule has 1 aliphatic rings. The maximum Gasteiger partial charge on any atom is 0.126 e. The smallest absolute Gasteiger partial charge is 0.126 e. The van der Waals surface area contributed by atoms with E-state index in [1.54, 1.807) is 7.11 Å². The highest BCUT2D eigenvalue weighted by Gasteiger charge is 2.16. The molecule has 0 saturated carbocycles. The Bertz CT molecular complexity index is 681. The molecule has 0 aromatic heterocycles. The summed E-state index contributed by atoms with van der Waals surface area (Å²) in [5, 5.41) is 15.7. The van der Waals surface area contributed by atoms with Gasteiger partial charge in [0.25, 0.3) is 0 Å². The van der Waals surface area contributed by atoms with E-state index in [9.17, 15) is 5.11 Å². The Morgan fingerprint density at radius 2 is 1.88 bits per heavy atom. The molecule has 0 spiro atoms. The van der Waals surface area contributed by atoms with Gasteiger partial charge in [-0.3, -0.25) is 0 Å². The van der Waals surface area contributed by atoms with Crippen LogP contribution in [0.25, 0.3) is 10.8 Å². The number of aliphatic hydroxyl groups excluding tert-OH is 1. The lowest BCUT2D eigenvalue weighted by atomic mass is 9.99. The summed E-state index contributed by atoms with van der Waals surface area (Å²) in [4.78, 5) is 2.46. The summed E-state index contributed by atoms with van der Waals surface area (Å²) in [6.07, 6.45) is 2.88. The van der Waals surface area contributed by atoms with Crippen LogP contribution in [-0.4, -0.2) is 49.4 Å². The van der Waals surface area contributed by atoms with Crippen LogP contribution in [0.4, 0.5) is 0 Å². The van der Waals surface area contributed by atoms with Crippen molar-refractivity contribution in [3.63, 3.8) is 0 Å². The zero-order chi connectivity index (χ0) is 17.6. The third-order valence-corrected chi connectivity index (χ3v) is 5.26. The highest BCUT2D eigenvalue weighted by molar-refractivity contribution is 5.91. The van der Waals surface area contributed by atoms with Crippen LogP contribution in [0.15, 0.2) is 36.4 Å². The number of methoxy groups -OCH3 is 1. The first-order valence-corrected chi connectivity index (χ1v) is 9.38. The zero-order valence-electron chi connectivity index (χ0n) is 15.4. The molecule has 1 fully saturated rings. The molecule has 2 N–H and O–H groups in total. The predicted molar refractivity (Wildman–Crippen MR) is 103 cm³/mol. The van der Waals surface area contributed by atoms with E-state index >= 15 is 0 Å². The number of piperidine rings is 1. The Kier molecular flexibility index (Phi) is 6.29. The van der Waals surface area contributed by atoms with Crippen molar-refractivity contribution < 1.29 is 9.84 Å². The largest absolute Gasteiger partial charge is 0.496 e. The van der Waals surface area contributed by atoms with Gasteiger partial charge >= 0.3 is 0 Å². The van der Waals surface area contributed by atoms with Gasteiger partial charge in [0.1, 0.15) is 5.75 Å². The number of likely N-dealkylation sites (tertiary alicyclic amines) is 1. The molecule has 4 heteroatoms. The summed E-state index contributed by atoms with van der Waals surface area (Å²) in [5.74, 6) is 0.929. The first-order chi connectivity index (χ1) is 12.2. The number of aliphatic hydroxyl groups is 1. The third kappa shape index (κ3) is 4.51. The van der Waals surface area contributed by atoms with Crippen LogP contribution in [0.3, 0.4) is 0 Å². The molecule has 0 bridgehead atoms. The molecule has 1 aliphatic heterocycles. The molecule has 3 rings (SSSR count). The van der Waals surface area contributed by atoms with Crippen molar-refractivity contribution in [1.82, 2.24) is 10.2 Å². The Hall–Kier alpha value is -1.62. The Labute approximate surface area is 150 Å². The summed E-state index contributed by atoms with van der Waals surface area (Å²) in [6.45, 7) is 6.39. The molecule has 25 heavy (non-hydrogen) atoms. The van der Waals surface area contributed by atoms with Crippen LogP contribution in [0.5, 0.6) is 5.75 Å². The van der Waals surface area contributed by atoms with Gasteiger partial charge in [0, 0.05) is 24.5 Å². The van der Waals surface area contributed by atoms with Gasteiger partial charge in [-0.05, 0) is 56.3 Å². The average molecular weight is 342 g/mol. The van der Waals surface area contributed by atoms with Crippen molar-refractivity contribution in [2.45, 2.75) is 38.3 Å². The molecule has 1 atom stereocenters. The second-order valence-electron chi connectivity index (χ2n) is 7.00. The van der Waals surface area contributed by atoms with Gasteiger partial charge in [0.05, 0.1) is 13.2 Å².